The van der Waals surface area contributed by atoms with Crippen LogP contribution >= 0.6 is 15.9 Å². The summed E-state index contributed by atoms with van der Waals surface area (Å²) >= 11 is 2.88. The number of fused-ring (bicyclic) bond motifs is 1. The van der Waals surface area contributed by atoms with Gasteiger partial charge in [-0.15, -0.1) is 0 Å². The van der Waals surface area contributed by atoms with E-state index in [-0.39, 0.29) is 15.9 Å². The lowest BCUT2D eigenvalue weighted by atomic mass is 10.2. The minimum Gasteiger partial charge on any atom is -0.429 e. The zero-order valence-electron chi connectivity index (χ0n) is 6.78. The van der Waals surface area contributed by atoms with Crippen molar-refractivity contribution in [1.82, 2.24) is 0 Å². The Kier molecular flexibility index (Phi) is 2.10. The monoisotopic (exact) mass is 267 g/mol. The van der Waals surface area contributed by atoms with Gasteiger partial charge in [0, 0.05) is 6.07 Å². The molecule has 2 rings (SSSR count). The molecule has 0 radical (unpaired) electrons. The highest BCUT2D eigenvalue weighted by atomic mass is 79.9. The molecule has 14 heavy (non-hydrogen) atoms. The average Bonchev–Trinajstić information content (AvgIpc) is 2.07. The predicted molar refractivity (Wildman–Crippen MR) is 48.2 cm³/mol. The normalized spacial score (nSPS) is 18.0. The van der Waals surface area contributed by atoms with Crippen molar-refractivity contribution < 1.29 is 17.9 Å². The Labute approximate surface area is 86.2 Å². The molecule has 1 aromatic rings. The molecule has 0 atom stereocenters. The fourth-order valence-electron chi connectivity index (χ4n) is 1.15. The number of nitrogens with one attached hydrogen (secondary N) is 1. The Morgan fingerprint density at radius 2 is 2.14 bits per heavy atom. The highest BCUT2D eigenvalue weighted by molar-refractivity contribution is 9.10. The third-order valence-electron chi connectivity index (χ3n) is 1.77. The number of benzene rings is 1. The summed E-state index contributed by atoms with van der Waals surface area (Å²) in [6, 6.07) is 2.28. The maximum atomic E-state index is 13.0. The van der Waals surface area contributed by atoms with Crippen LogP contribution in [-0.4, -0.2) is 12.7 Å². The van der Waals surface area contributed by atoms with Crippen LogP contribution in [0.15, 0.2) is 16.6 Å². The summed E-state index contributed by atoms with van der Waals surface area (Å²) in [7, 11) is 0. The van der Waals surface area contributed by atoms with Crippen LogP contribution in [0.25, 0.3) is 0 Å². The number of halogens is 4. The van der Waals surface area contributed by atoms with E-state index in [1.54, 1.807) is 0 Å². The molecule has 1 heterocycles. The fourth-order valence-corrected chi connectivity index (χ4v) is 1.47. The van der Waals surface area contributed by atoms with E-state index in [1.807, 2.05) is 0 Å². The SMILES string of the molecule is Fc1cc2c(cc1Br)OC(F)(F)CN2. The molecule has 0 saturated carbocycles. The quantitative estimate of drug-likeness (QED) is 0.781. The van der Waals surface area contributed by atoms with E-state index in [0.717, 1.165) is 6.07 Å². The Morgan fingerprint density at radius 1 is 1.43 bits per heavy atom. The molecule has 1 N–H and O–H groups in total. The lowest BCUT2D eigenvalue weighted by Gasteiger charge is -2.26. The Balaban J connectivity index is 2.43. The van der Waals surface area contributed by atoms with E-state index < -0.39 is 18.5 Å². The van der Waals surface area contributed by atoms with E-state index in [2.05, 4.69) is 26.0 Å². The zero-order valence-corrected chi connectivity index (χ0v) is 8.37. The van der Waals surface area contributed by atoms with Gasteiger partial charge in [-0.3, -0.25) is 0 Å². The number of rotatable bonds is 0. The zero-order chi connectivity index (χ0) is 10.3. The summed E-state index contributed by atoms with van der Waals surface area (Å²) in [4.78, 5) is 0. The topological polar surface area (TPSA) is 21.3 Å². The molecule has 0 aliphatic carbocycles. The van der Waals surface area contributed by atoms with Crippen molar-refractivity contribution in [2.45, 2.75) is 6.11 Å². The van der Waals surface area contributed by atoms with Gasteiger partial charge in [-0.1, -0.05) is 0 Å². The van der Waals surface area contributed by atoms with Crippen molar-refractivity contribution in [1.29, 1.82) is 0 Å². The maximum Gasteiger partial charge on any atom is 0.415 e. The van der Waals surface area contributed by atoms with Crippen molar-refractivity contribution in [3.63, 3.8) is 0 Å². The van der Waals surface area contributed by atoms with Crippen LogP contribution in [0.3, 0.4) is 0 Å². The molecule has 0 saturated heterocycles. The number of alkyl halides is 2. The average molecular weight is 268 g/mol. The van der Waals surface area contributed by atoms with E-state index in [0.29, 0.717) is 0 Å². The molecule has 1 aliphatic heterocycles. The second-order valence-electron chi connectivity index (χ2n) is 2.86. The maximum absolute atomic E-state index is 13.0. The number of ether oxygens (including phenoxy) is 1. The number of hydrogen-bond donors (Lipinski definition) is 1. The lowest BCUT2D eigenvalue weighted by molar-refractivity contribution is -0.166. The van der Waals surface area contributed by atoms with Gasteiger partial charge >= 0.3 is 6.11 Å². The molecule has 0 fully saturated rings. The molecule has 1 aliphatic rings. The lowest BCUT2D eigenvalue weighted by Crippen LogP contribution is -2.37. The van der Waals surface area contributed by atoms with Crippen LogP contribution in [-0.2, 0) is 0 Å². The van der Waals surface area contributed by atoms with Gasteiger partial charge in [0.05, 0.1) is 10.2 Å². The van der Waals surface area contributed by atoms with Gasteiger partial charge in [0.15, 0.2) is 5.75 Å². The molecule has 2 nitrogen and oxygen atoms in total. The summed E-state index contributed by atoms with van der Waals surface area (Å²) in [5, 5.41) is 2.39. The molecule has 6 heteroatoms. The third-order valence-corrected chi connectivity index (χ3v) is 2.37. The summed E-state index contributed by atoms with van der Waals surface area (Å²) in [6.07, 6.45) is -3.25. The molecule has 1 aromatic carbocycles. The van der Waals surface area contributed by atoms with Gasteiger partial charge in [-0.2, -0.15) is 8.78 Å². The molecule has 0 aromatic heterocycles. The summed E-state index contributed by atoms with van der Waals surface area (Å²) in [6.45, 7) is -0.652. The minimum absolute atomic E-state index is 0.0606. The van der Waals surface area contributed by atoms with Crippen molar-refractivity contribution in [3.05, 3.63) is 22.4 Å². The smallest absolute Gasteiger partial charge is 0.415 e. The molecule has 0 unspecified atom stereocenters. The second-order valence-corrected chi connectivity index (χ2v) is 3.71. The van der Waals surface area contributed by atoms with Gasteiger partial charge in [0.1, 0.15) is 12.4 Å². The minimum atomic E-state index is -3.25. The molecule has 0 bridgehead atoms. The number of hydrogen-bond acceptors (Lipinski definition) is 2. The summed E-state index contributed by atoms with van der Waals surface area (Å²) in [5.74, 6) is -0.584. The highest BCUT2D eigenvalue weighted by Gasteiger charge is 2.36. The van der Waals surface area contributed by atoms with Crippen LogP contribution in [0.5, 0.6) is 5.75 Å². The first-order valence-corrected chi connectivity index (χ1v) is 4.57. The van der Waals surface area contributed by atoms with Crippen LogP contribution in [0.1, 0.15) is 0 Å². The molecule has 76 valence electrons. The largest absolute Gasteiger partial charge is 0.429 e. The summed E-state index contributed by atoms with van der Waals surface area (Å²) in [5.41, 5.74) is 0.233. The van der Waals surface area contributed by atoms with Gasteiger partial charge in [0.25, 0.3) is 0 Å². The fraction of sp³-hybridized carbons (Fsp3) is 0.250. The van der Waals surface area contributed by atoms with E-state index in [1.165, 1.54) is 6.07 Å². The second kappa shape index (κ2) is 3.05. The van der Waals surface area contributed by atoms with Crippen molar-refractivity contribution >= 4 is 21.6 Å². The van der Waals surface area contributed by atoms with Crippen LogP contribution in [0.4, 0.5) is 18.9 Å². The summed E-state index contributed by atoms with van der Waals surface area (Å²) < 4.78 is 42.9. The van der Waals surface area contributed by atoms with Crippen LogP contribution in [0, 0.1) is 5.82 Å². The van der Waals surface area contributed by atoms with Gasteiger partial charge < -0.3 is 10.1 Å². The first-order chi connectivity index (χ1) is 6.48. The van der Waals surface area contributed by atoms with Gasteiger partial charge in [-0.05, 0) is 22.0 Å². The van der Waals surface area contributed by atoms with Crippen molar-refractivity contribution in [2.24, 2.45) is 0 Å². The molecule has 0 spiro atoms. The van der Waals surface area contributed by atoms with Gasteiger partial charge in [-0.25, -0.2) is 4.39 Å². The Hall–Kier alpha value is -0.910. The highest BCUT2D eigenvalue weighted by Crippen LogP contribution is 2.37. The number of anilines is 1. The van der Waals surface area contributed by atoms with Crippen LogP contribution in [0.2, 0.25) is 0 Å². The van der Waals surface area contributed by atoms with Crippen molar-refractivity contribution in [2.75, 3.05) is 11.9 Å². The van der Waals surface area contributed by atoms with E-state index in [4.69, 9.17) is 0 Å². The molecular formula is C8H5BrF3NO. The Morgan fingerprint density at radius 3 is 2.86 bits per heavy atom. The standard InChI is InChI=1S/C8H5BrF3NO/c9-4-1-7-6(2-5(4)10)13-3-8(11,12)14-7/h1-2,13H,3H2. The molecule has 0 amide bonds. The predicted octanol–water partition coefficient (Wildman–Crippen LogP) is 2.99. The molecular weight excluding hydrogens is 263 g/mol. The van der Waals surface area contributed by atoms with Crippen molar-refractivity contribution in [3.8, 4) is 5.75 Å². The first-order valence-electron chi connectivity index (χ1n) is 3.78. The van der Waals surface area contributed by atoms with E-state index in [9.17, 15) is 13.2 Å². The Bertz CT molecular complexity index is 383. The van der Waals surface area contributed by atoms with Crippen LogP contribution < -0.4 is 10.1 Å². The first kappa shape index (κ1) is 9.64. The van der Waals surface area contributed by atoms with Gasteiger partial charge in [0.2, 0.25) is 0 Å². The third kappa shape index (κ3) is 1.66. The van der Waals surface area contributed by atoms with E-state index >= 15 is 0 Å².